The maximum absolute atomic E-state index is 11.7. The molecule has 0 spiro atoms. The number of thiazole rings is 1. The van der Waals surface area contributed by atoms with E-state index < -0.39 is 8.32 Å². The summed E-state index contributed by atoms with van der Waals surface area (Å²) in [4.78, 5) is 16.2. The Morgan fingerprint density at radius 1 is 1.06 bits per heavy atom. The molecule has 0 amide bonds. The van der Waals surface area contributed by atoms with Gasteiger partial charge in [0.05, 0.1) is 16.8 Å². The van der Waals surface area contributed by atoms with Gasteiger partial charge in [0.2, 0.25) is 0 Å². The van der Waals surface area contributed by atoms with Crippen LogP contribution in [0, 0.1) is 6.92 Å². The van der Waals surface area contributed by atoms with Crippen LogP contribution in [0.3, 0.4) is 0 Å². The van der Waals surface area contributed by atoms with E-state index in [0.29, 0.717) is 6.42 Å². The van der Waals surface area contributed by atoms with Gasteiger partial charge in [0.15, 0.2) is 0 Å². The zero-order chi connectivity index (χ0) is 22.5. The Kier molecular flexibility index (Phi) is 7.41. The zero-order valence-corrected chi connectivity index (χ0v) is 20.8. The Labute approximate surface area is 191 Å². The van der Waals surface area contributed by atoms with E-state index in [9.17, 15) is 4.79 Å². The SMILES string of the molecule is C/C(=C\c1csc(C)n1)[C@H](CC=O)O[Si](c1ccccc1)(c1ccccc1)C(C)(C)C. The molecule has 1 aromatic heterocycles. The molecule has 0 aliphatic rings. The van der Waals surface area contributed by atoms with Crippen molar-refractivity contribution >= 4 is 42.4 Å². The van der Waals surface area contributed by atoms with Gasteiger partial charge in [0, 0.05) is 11.8 Å². The second-order valence-electron chi connectivity index (χ2n) is 8.85. The molecule has 0 aliphatic carbocycles. The van der Waals surface area contributed by atoms with Crippen molar-refractivity contribution in [1.29, 1.82) is 0 Å². The number of benzene rings is 2. The van der Waals surface area contributed by atoms with Crippen LogP contribution in [0.2, 0.25) is 5.04 Å². The highest BCUT2D eigenvalue weighted by molar-refractivity contribution is 7.09. The van der Waals surface area contributed by atoms with Gasteiger partial charge in [-0.2, -0.15) is 0 Å². The van der Waals surface area contributed by atoms with Crippen LogP contribution in [-0.4, -0.2) is 25.7 Å². The van der Waals surface area contributed by atoms with E-state index in [2.05, 4.69) is 80.4 Å². The smallest absolute Gasteiger partial charge is 0.261 e. The number of aromatic nitrogens is 1. The fraction of sp³-hybridized carbons (Fsp3) is 0.308. The van der Waals surface area contributed by atoms with Gasteiger partial charge in [-0.3, -0.25) is 0 Å². The second kappa shape index (κ2) is 9.85. The summed E-state index contributed by atoms with van der Waals surface area (Å²) in [5.41, 5.74) is 1.94. The van der Waals surface area contributed by atoms with Crippen LogP contribution < -0.4 is 10.4 Å². The molecule has 0 saturated heterocycles. The molecule has 0 bridgehead atoms. The Morgan fingerprint density at radius 3 is 2.03 bits per heavy atom. The lowest BCUT2D eigenvalue weighted by Gasteiger charge is -2.45. The van der Waals surface area contributed by atoms with Crippen molar-refractivity contribution < 1.29 is 9.22 Å². The molecule has 1 atom stereocenters. The number of nitrogens with zero attached hydrogens (tertiary/aromatic N) is 1. The first-order valence-corrected chi connectivity index (χ1v) is 13.4. The minimum absolute atomic E-state index is 0.145. The Bertz CT molecular complexity index is 983. The Morgan fingerprint density at radius 2 is 1.61 bits per heavy atom. The van der Waals surface area contributed by atoms with Crippen LogP contribution in [0.25, 0.3) is 6.08 Å². The highest BCUT2D eigenvalue weighted by Crippen LogP contribution is 2.38. The molecule has 5 heteroatoms. The van der Waals surface area contributed by atoms with Gasteiger partial charge in [0.1, 0.15) is 6.29 Å². The third-order valence-electron chi connectivity index (χ3n) is 5.57. The molecule has 0 aliphatic heterocycles. The summed E-state index contributed by atoms with van der Waals surface area (Å²) in [5.74, 6) is 0. The molecule has 3 rings (SSSR count). The lowest BCUT2D eigenvalue weighted by Crippen LogP contribution is -2.67. The quantitative estimate of drug-likeness (QED) is 0.342. The van der Waals surface area contributed by atoms with E-state index in [0.717, 1.165) is 22.6 Å². The highest BCUT2D eigenvalue weighted by atomic mass is 32.1. The van der Waals surface area contributed by atoms with Crippen LogP contribution in [0.5, 0.6) is 0 Å². The Hall–Kier alpha value is -2.34. The number of carbonyl (C=O) groups is 1. The molecule has 2 aromatic carbocycles. The minimum atomic E-state index is -2.74. The number of hydrogen-bond donors (Lipinski definition) is 0. The van der Waals surface area contributed by atoms with E-state index >= 15 is 0 Å². The van der Waals surface area contributed by atoms with Crippen molar-refractivity contribution in [1.82, 2.24) is 4.98 Å². The molecule has 0 fully saturated rings. The van der Waals surface area contributed by atoms with Gasteiger partial charge in [-0.05, 0) is 40.9 Å². The van der Waals surface area contributed by atoms with Crippen LogP contribution in [0.4, 0.5) is 0 Å². The van der Waals surface area contributed by atoms with E-state index in [1.807, 2.05) is 31.4 Å². The molecule has 0 N–H and O–H groups in total. The first-order chi connectivity index (χ1) is 14.8. The summed E-state index contributed by atoms with van der Waals surface area (Å²) in [6, 6.07) is 21.1. The van der Waals surface area contributed by atoms with Crippen molar-refractivity contribution in [3.63, 3.8) is 0 Å². The minimum Gasteiger partial charge on any atom is -0.400 e. The predicted octanol–water partition coefficient (Wildman–Crippen LogP) is 5.39. The lowest BCUT2D eigenvalue weighted by atomic mass is 10.1. The zero-order valence-electron chi connectivity index (χ0n) is 19.0. The van der Waals surface area contributed by atoms with Crippen LogP contribution in [0.1, 0.15) is 44.8 Å². The van der Waals surface area contributed by atoms with Gasteiger partial charge in [-0.1, -0.05) is 81.4 Å². The normalized spacial score (nSPS) is 13.8. The highest BCUT2D eigenvalue weighted by Gasteiger charge is 2.51. The maximum atomic E-state index is 11.7. The molecular formula is C26H31NO2SSi. The first kappa shape index (κ1) is 23.3. The third-order valence-corrected chi connectivity index (χ3v) is 11.4. The van der Waals surface area contributed by atoms with Crippen molar-refractivity contribution in [2.45, 2.75) is 52.2 Å². The van der Waals surface area contributed by atoms with Crippen molar-refractivity contribution in [3.8, 4) is 0 Å². The van der Waals surface area contributed by atoms with Crippen molar-refractivity contribution in [2.75, 3.05) is 0 Å². The van der Waals surface area contributed by atoms with Crippen molar-refractivity contribution in [3.05, 3.63) is 82.3 Å². The van der Waals surface area contributed by atoms with Gasteiger partial charge in [-0.15, -0.1) is 11.3 Å². The summed E-state index contributed by atoms with van der Waals surface area (Å²) in [7, 11) is -2.74. The lowest BCUT2D eigenvalue weighted by molar-refractivity contribution is -0.109. The predicted molar refractivity (Wildman–Crippen MR) is 134 cm³/mol. The molecule has 1 heterocycles. The standard InChI is InChI=1S/C26H31NO2SSi/c1-20(18-22-19-30-21(2)27-22)25(16-17-28)29-31(26(3,4)5,23-12-8-6-9-13-23)24-14-10-7-11-15-24/h6-15,17-19,25H,16H2,1-5H3/b20-18+/t25-/m0/s1. The van der Waals surface area contributed by atoms with E-state index in [4.69, 9.17) is 4.43 Å². The first-order valence-electron chi connectivity index (χ1n) is 10.6. The summed E-state index contributed by atoms with van der Waals surface area (Å²) < 4.78 is 7.17. The summed E-state index contributed by atoms with van der Waals surface area (Å²) in [6.45, 7) is 10.8. The van der Waals surface area contributed by atoms with E-state index in [1.165, 1.54) is 10.4 Å². The fourth-order valence-electron chi connectivity index (χ4n) is 4.09. The van der Waals surface area contributed by atoms with E-state index in [1.54, 1.807) is 11.3 Å². The maximum Gasteiger partial charge on any atom is 0.261 e. The van der Waals surface area contributed by atoms with Crippen LogP contribution >= 0.6 is 11.3 Å². The second-order valence-corrected chi connectivity index (χ2v) is 14.2. The average molecular weight is 450 g/mol. The molecule has 162 valence electrons. The van der Waals surface area contributed by atoms with Crippen molar-refractivity contribution in [2.24, 2.45) is 0 Å². The monoisotopic (exact) mass is 449 g/mol. The number of hydrogen-bond acceptors (Lipinski definition) is 4. The summed E-state index contributed by atoms with van der Waals surface area (Å²) in [6.07, 6.45) is 3.02. The molecule has 31 heavy (non-hydrogen) atoms. The van der Waals surface area contributed by atoms with Gasteiger partial charge in [-0.25, -0.2) is 4.98 Å². The number of carbonyl (C=O) groups excluding carboxylic acids is 1. The third kappa shape index (κ3) is 5.12. The Balaban J connectivity index is 2.16. The summed E-state index contributed by atoms with van der Waals surface area (Å²) in [5, 5.41) is 5.34. The molecule has 0 unspecified atom stereocenters. The van der Waals surface area contributed by atoms with Crippen LogP contribution in [-0.2, 0) is 9.22 Å². The summed E-state index contributed by atoms with van der Waals surface area (Å²) >= 11 is 1.63. The molecule has 3 nitrogen and oxygen atoms in total. The van der Waals surface area contributed by atoms with Gasteiger partial charge >= 0.3 is 0 Å². The average Bonchev–Trinajstić information content (AvgIpc) is 3.16. The number of aryl methyl sites for hydroxylation is 1. The van der Waals surface area contributed by atoms with Gasteiger partial charge < -0.3 is 9.22 Å². The molecule has 0 radical (unpaired) electrons. The molecular weight excluding hydrogens is 418 g/mol. The largest absolute Gasteiger partial charge is 0.400 e. The van der Waals surface area contributed by atoms with Crippen LogP contribution in [0.15, 0.2) is 71.6 Å². The topological polar surface area (TPSA) is 39.2 Å². The van der Waals surface area contributed by atoms with E-state index in [-0.39, 0.29) is 11.1 Å². The van der Waals surface area contributed by atoms with Gasteiger partial charge in [0.25, 0.3) is 8.32 Å². The number of aldehydes is 1. The number of rotatable bonds is 8. The molecule has 3 aromatic rings. The fourth-order valence-corrected chi connectivity index (χ4v) is 9.39. The molecule has 0 saturated carbocycles.